The molecule has 0 aromatic carbocycles. The quantitative estimate of drug-likeness (QED) is 0.545. The number of hydrogen-bond acceptors (Lipinski definition) is 4. The van der Waals surface area contributed by atoms with Gasteiger partial charge in [-0.15, -0.1) is 0 Å². The molecule has 0 aliphatic carbocycles. The number of esters is 1. The predicted octanol–water partition coefficient (Wildman–Crippen LogP) is 1.52. The Morgan fingerprint density at radius 2 is 2.25 bits per heavy atom. The Hall–Kier alpha value is -1.36. The molecule has 0 spiro atoms. The van der Waals surface area contributed by atoms with Gasteiger partial charge < -0.3 is 9.47 Å². The second-order valence-corrected chi connectivity index (χ2v) is 3.40. The summed E-state index contributed by atoms with van der Waals surface area (Å²) in [4.78, 5) is 11.6. The summed E-state index contributed by atoms with van der Waals surface area (Å²) in [7, 11) is 1.79. The standard InChI is InChI=1S/C11H18N2O3/c1-4-6-15-8-10-9(7-12-13(10)3)11(14)16-5-2/h7H,4-6,8H2,1-3H3. The Labute approximate surface area is 95.3 Å². The summed E-state index contributed by atoms with van der Waals surface area (Å²) >= 11 is 0. The minimum Gasteiger partial charge on any atom is -0.462 e. The van der Waals surface area contributed by atoms with Gasteiger partial charge in [0.15, 0.2) is 0 Å². The summed E-state index contributed by atoms with van der Waals surface area (Å²) in [5, 5.41) is 4.03. The average Bonchev–Trinajstić information content (AvgIpc) is 2.61. The Morgan fingerprint density at radius 3 is 2.88 bits per heavy atom. The van der Waals surface area contributed by atoms with E-state index < -0.39 is 0 Å². The van der Waals surface area contributed by atoms with Crippen LogP contribution in [0.3, 0.4) is 0 Å². The van der Waals surface area contributed by atoms with Crippen molar-refractivity contribution in [3.63, 3.8) is 0 Å². The van der Waals surface area contributed by atoms with Gasteiger partial charge >= 0.3 is 5.97 Å². The van der Waals surface area contributed by atoms with Gasteiger partial charge in [0.1, 0.15) is 5.56 Å². The number of carbonyl (C=O) groups excluding carboxylic acids is 1. The minimum absolute atomic E-state index is 0.342. The van der Waals surface area contributed by atoms with Crippen molar-refractivity contribution in [1.82, 2.24) is 9.78 Å². The van der Waals surface area contributed by atoms with Crippen molar-refractivity contribution in [2.75, 3.05) is 13.2 Å². The monoisotopic (exact) mass is 226 g/mol. The molecule has 1 rings (SSSR count). The molecule has 1 aromatic heterocycles. The van der Waals surface area contributed by atoms with Crippen LogP contribution < -0.4 is 0 Å². The first kappa shape index (κ1) is 12.7. The number of aryl methyl sites for hydroxylation is 1. The van der Waals surface area contributed by atoms with E-state index in [1.807, 2.05) is 6.92 Å². The van der Waals surface area contributed by atoms with Crippen molar-refractivity contribution in [2.24, 2.45) is 7.05 Å². The second kappa shape index (κ2) is 6.27. The molecule has 0 aliphatic heterocycles. The molecule has 16 heavy (non-hydrogen) atoms. The molecule has 0 saturated heterocycles. The molecule has 0 saturated carbocycles. The summed E-state index contributed by atoms with van der Waals surface area (Å²) in [6.07, 6.45) is 2.47. The molecule has 0 atom stereocenters. The third kappa shape index (κ3) is 3.06. The van der Waals surface area contributed by atoms with Crippen LogP contribution in [0.15, 0.2) is 6.20 Å². The fraction of sp³-hybridized carbons (Fsp3) is 0.636. The maximum atomic E-state index is 11.6. The van der Waals surface area contributed by atoms with Crippen molar-refractivity contribution >= 4 is 5.97 Å². The van der Waals surface area contributed by atoms with E-state index in [9.17, 15) is 4.79 Å². The number of rotatable bonds is 6. The van der Waals surface area contributed by atoms with Crippen LogP contribution in [0, 0.1) is 0 Å². The molecule has 0 unspecified atom stereocenters. The zero-order valence-electron chi connectivity index (χ0n) is 10.0. The fourth-order valence-corrected chi connectivity index (χ4v) is 1.33. The van der Waals surface area contributed by atoms with Crippen LogP contribution in [0.2, 0.25) is 0 Å². The molecule has 5 heteroatoms. The minimum atomic E-state index is -0.342. The van der Waals surface area contributed by atoms with E-state index in [-0.39, 0.29) is 5.97 Å². The summed E-state index contributed by atoms with van der Waals surface area (Å²) in [6, 6.07) is 0. The van der Waals surface area contributed by atoms with E-state index in [1.165, 1.54) is 6.20 Å². The molecule has 1 heterocycles. The summed E-state index contributed by atoms with van der Waals surface area (Å²) in [6.45, 7) is 5.24. The van der Waals surface area contributed by atoms with Crippen LogP contribution in [0.4, 0.5) is 0 Å². The molecular formula is C11H18N2O3. The van der Waals surface area contributed by atoms with Gasteiger partial charge in [-0.3, -0.25) is 4.68 Å². The highest BCUT2D eigenvalue weighted by Gasteiger charge is 2.16. The molecule has 0 N–H and O–H groups in total. The lowest BCUT2D eigenvalue weighted by molar-refractivity contribution is 0.0517. The molecule has 0 radical (unpaired) electrons. The van der Waals surface area contributed by atoms with Gasteiger partial charge in [-0.05, 0) is 13.3 Å². The highest BCUT2D eigenvalue weighted by atomic mass is 16.5. The zero-order valence-corrected chi connectivity index (χ0v) is 10.0. The first-order chi connectivity index (χ1) is 7.70. The molecule has 0 fully saturated rings. The first-order valence-electron chi connectivity index (χ1n) is 5.46. The van der Waals surface area contributed by atoms with Gasteiger partial charge in [0.05, 0.1) is 25.1 Å². The van der Waals surface area contributed by atoms with E-state index in [0.29, 0.717) is 25.4 Å². The first-order valence-corrected chi connectivity index (χ1v) is 5.46. The maximum Gasteiger partial charge on any atom is 0.341 e. The molecule has 90 valence electrons. The second-order valence-electron chi connectivity index (χ2n) is 3.40. The topological polar surface area (TPSA) is 53.4 Å². The third-order valence-corrected chi connectivity index (χ3v) is 2.14. The highest BCUT2D eigenvalue weighted by Crippen LogP contribution is 2.10. The van der Waals surface area contributed by atoms with E-state index in [0.717, 1.165) is 12.1 Å². The van der Waals surface area contributed by atoms with Crippen molar-refractivity contribution < 1.29 is 14.3 Å². The summed E-state index contributed by atoms with van der Waals surface area (Å²) in [5.74, 6) is -0.342. The molecular weight excluding hydrogens is 208 g/mol. The fourth-order valence-electron chi connectivity index (χ4n) is 1.33. The van der Waals surface area contributed by atoms with Crippen molar-refractivity contribution in [1.29, 1.82) is 0 Å². The van der Waals surface area contributed by atoms with Crippen LogP contribution in [0.5, 0.6) is 0 Å². The number of hydrogen-bond donors (Lipinski definition) is 0. The van der Waals surface area contributed by atoms with Crippen LogP contribution in [-0.4, -0.2) is 29.0 Å². The van der Waals surface area contributed by atoms with Crippen LogP contribution in [0.25, 0.3) is 0 Å². The third-order valence-electron chi connectivity index (χ3n) is 2.14. The molecule has 0 amide bonds. The lowest BCUT2D eigenvalue weighted by Gasteiger charge is -2.06. The average molecular weight is 226 g/mol. The Bertz CT molecular complexity index is 347. The highest BCUT2D eigenvalue weighted by molar-refractivity contribution is 5.90. The van der Waals surface area contributed by atoms with Crippen molar-refractivity contribution in [2.45, 2.75) is 26.9 Å². The summed E-state index contributed by atoms with van der Waals surface area (Å²) in [5.41, 5.74) is 1.24. The molecule has 0 aliphatic rings. The Balaban J connectivity index is 2.73. The Kier molecular flexibility index (Phi) is 4.98. The summed E-state index contributed by atoms with van der Waals surface area (Å²) < 4.78 is 12.0. The van der Waals surface area contributed by atoms with Crippen molar-refractivity contribution in [3.05, 3.63) is 17.5 Å². The maximum absolute atomic E-state index is 11.6. The van der Waals surface area contributed by atoms with Gasteiger partial charge in [-0.2, -0.15) is 5.10 Å². The van der Waals surface area contributed by atoms with E-state index in [1.54, 1.807) is 18.7 Å². The molecule has 0 bridgehead atoms. The Morgan fingerprint density at radius 1 is 1.50 bits per heavy atom. The lowest BCUT2D eigenvalue weighted by Crippen LogP contribution is -2.10. The van der Waals surface area contributed by atoms with Gasteiger partial charge in [0.25, 0.3) is 0 Å². The van der Waals surface area contributed by atoms with Crippen LogP contribution >= 0.6 is 0 Å². The SMILES string of the molecule is CCCOCc1c(C(=O)OCC)cnn1C. The smallest absolute Gasteiger partial charge is 0.341 e. The predicted molar refractivity (Wildman–Crippen MR) is 59.1 cm³/mol. The van der Waals surface area contributed by atoms with E-state index in [4.69, 9.17) is 9.47 Å². The zero-order chi connectivity index (χ0) is 12.0. The van der Waals surface area contributed by atoms with Gasteiger partial charge in [0.2, 0.25) is 0 Å². The number of carbonyl (C=O) groups is 1. The van der Waals surface area contributed by atoms with E-state index >= 15 is 0 Å². The lowest BCUT2D eigenvalue weighted by atomic mass is 10.2. The molecule has 5 nitrogen and oxygen atoms in total. The number of ether oxygens (including phenoxy) is 2. The van der Waals surface area contributed by atoms with Gasteiger partial charge in [0, 0.05) is 13.7 Å². The normalized spacial score (nSPS) is 10.4. The van der Waals surface area contributed by atoms with Crippen LogP contribution in [-0.2, 0) is 23.1 Å². The molecule has 1 aromatic rings. The van der Waals surface area contributed by atoms with Crippen LogP contribution in [0.1, 0.15) is 36.3 Å². The van der Waals surface area contributed by atoms with E-state index in [2.05, 4.69) is 5.10 Å². The number of aromatic nitrogens is 2. The van der Waals surface area contributed by atoms with Gasteiger partial charge in [-0.25, -0.2) is 4.79 Å². The largest absolute Gasteiger partial charge is 0.462 e. The van der Waals surface area contributed by atoms with Crippen molar-refractivity contribution in [3.8, 4) is 0 Å². The number of nitrogens with zero attached hydrogens (tertiary/aromatic N) is 2. The van der Waals surface area contributed by atoms with Gasteiger partial charge in [-0.1, -0.05) is 6.92 Å².